The number of oxime groups is 1. The van der Waals surface area contributed by atoms with Crippen LogP contribution >= 0.6 is 11.8 Å². The highest BCUT2D eigenvalue weighted by molar-refractivity contribution is 8.00. The Morgan fingerprint density at radius 1 is 1.56 bits per heavy atom. The summed E-state index contributed by atoms with van der Waals surface area (Å²) in [5, 5.41) is 12.3. The molecule has 3 N–H and O–H groups in total. The van der Waals surface area contributed by atoms with E-state index in [1.807, 2.05) is 25.1 Å². The number of thioether (sulfide) groups is 1. The van der Waals surface area contributed by atoms with Crippen LogP contribution in [0.4, 0.5) is 0 Å². The fraction of sp³-hybridized carbons (Fsp3) is 0.417. The molecule has 0 bridgehead atoms. The normalized spacial score (nSPS) is 13.8. The van der Waals surface area contributed by atoms with Crippen molar-refractivity contribution in [3.8, 4) is 0 Å². The van der Waals surface area contributed by atoms with Gasteiger partial charge in [0, 0.05) is 15.7 Å². The van der Waals surface area contributed by atoms with Gasteiger partial charge in [0.05, 0.1) is 0 Å². The third-order valence-electron chi connectivity index (χ3n) is 2.49. The summed E-state index contributed by atoms with van der Waals surface area (Å²) in [4.78, 5) is 1.10. The third-order valence-corrected chi connectivity index (χ3v) is 4.00. The van der Waals surface area contributed by atoms with Gasteiger partial charge in [0.15, 0.2) is 5.84 Å². The predicted molar refractivity (Wildman–Crippen MR) is 69.3 cm³/mol. The van der Waals surface area contributed by atoms with Gasteiger partial charge in [-0.1, -0.05) is 37.2 Å². The van der Waals surface area contributed by atoms with Crippen LogP contribution in [0.5, 0.6) is 0 Å². The molecule has 1 atom stereocenters. The van der Waals surface area contributed by atoms with Crippen molar-refractivity contribution in [1.29, 1.82) is 0 Å². The highest BCUT2D eigenvalue weighted by Gasteiger charge is 2.12. The van der Waals surface area contributed by atoms with E-state index in [1.165, 1.54) is 0 Å². The van der Waals surface area contributed by atoms with Crippen LogP contribution < -0.4 is 5.73 Å². The summed E-state index contributed by atoms with van der Waals surface area (Å²) in [5.41, 5.74) is 7.64. The van der Waals surface area contributed by atoms with Gasteiger partial charge < -0.3 is 10.9 Å². The number of aryl methyl sites for hydroxylation is 1. The fourth-order valence-electron chi connectivity index (χ4n) is 1.35. The Balaban J connectivity index is 3.13. The minimum atomic E-state index is 0.175. The Labute approximate surface area is 101 Å². The van der Waals surface area contributed by atoms with Gasteiger partial charge in [-0.3, -0.25) is 0 Å². The first-order valence-corrected chi connectivity index (χ1v) is 6.22. The van der Waals surface area contributed by atoms with E-state index in [0.717, 1.165) is 22.4 Å². The van der Waals surface area contributed by atoms with E-state index in [9.17, 15) is 0 Å². The summed E-state index contributed by atoms with van der Waals surface area (Å²) >= 11 is 1.77. The van der Waals surface area contributed by atoms with Gasteiger partial charge >= 0.3 is 0 Å². The maximum absolute atomic E-state index is 8.75. The standard InChI is InChI=1S/C12H18N2OS/c1-4-9(3)16-11-8(2)6-5-7-10(11)12(13)14-15/h5-7,9,15H,4H2,1-3H3,(H2,13,14). The predicted octanol–water partition coefficient (Wildman–Crippen LogP) is 2.98. The quantitative estimate of drug-likeness (QED) is 0.279. The highest BCUT2D eigenvalue weighted by atomic mass is 32.2. The second-order valence-corrected chi connectivity index (χ2v) is 5.22. The Hall–Kier alpha value is -1.16. The smallest absolute Gasteiger partial charge is 0.171 e. The maximum Gasteiger partial charge on any atom is 0.171 e. The zero-order valence-corrected chi connectivity index (χ0v) is 10.7. The van der Waals surface area contributed by atoms with Crippen molar-refractivity contribution in [1.82, 2.24) is 0 Å². The summed E-state index contributed by atoms with van der Waals surface area (Å²) in [7, 11) is 0. The molecule has 0 aliphatic heterocycles. The van der Waals surface area contributed by atoms with Crippen molar-refractivity contribution in [2.45, 2.75) is 37.3 Å². The van der Waals surface area contributed by atoms with Gasteiger partial charge in [0.2, 0.25) is 0 Å². The van der Waals surface area contributed by atoms with Gasteiger partial charge in [-0.05, 0) is 18.9 Å². The molecule has 0 saturated carbocycles. The highest BCUT2D eigenvalue weighted by Crippen LogP contribution is 2.31. The van der Waals surface area contributed by atoms with E-state index in [1.54, 1.807) is 11.8 Å². The van der Waals surface area contributed by atoms with Gasteiger partial charge in [0.25, 0.3) is 0 Å². The molecule has 0 saturated heterocycles. The second-order valence-electron chi connectivity index (χ2n) is 3.77. The zero-order valence-electron chi connectivity index (χ0n) is 9.90. The van der Waals surface area contributed by atoms with Gasteiger partial charge in [-0.2, -0.15) is 0 Å². The average Bonchev–Trinajstić information content (AvgIpc) is 2.30. The third kappa shape index (κ3) is 2.92. The first kappa shape index (κ1) is 12.9. The molecule has 1 aromatic rings. The van der Waals surface area contributed by atoms with Gasteiger partial charge in [-0.25, -0.2) is 0 Å². The van der Waals surface area contributed by atoms with Crippen LogP contribution in [0.3, 0.4) is 0 Å². The topological polar surface area (TPSA) is 58.6 Å². The molecule has 0 fully saturated rings. The second kappa shape index (κ2) is 5.80. The Morgan fingerprint density at radius 2 is 2.25 bits per heavy atom. The SMILES string of the molecule is CCC(C)Sc1c(C)cccc1/C(N)=N/O. The van der Waals surface area contributed by atoms with Crippen molar-refractivity contribution in [3.63, 3.8) is 0 Å². The molecule has 16 heavy (non-hydrogen) atoms. The van der Waals surface area contributed by atoms with E-state index in [2.05, 4.69) is 19.0 Å². The molecule has 0 aliphatic carbocycles. The van der Waals surface area contributed by atoms with E-state index in [4.69, 9.17) is 10.9 Å². The first-order valence-electron chi connectivity index (χ1n) is 5.34. The zero-order chi connectivity index (χ0) is 12.1. The summed E-state index contributed by atoms with van der Waals surface area (Å²) < 4.78 is 0. The number of nitrogens with zero attached hydrogens (tertiary/aromatic N) is 1. The van der Waals surface area contributed by atoms with Crippen molar-refractivity contribution < 1.29 is 5.21 Å². The van der Waals surface area contributed by atoms with Crippen LogP contribution in [0.2, 0.25) is 0 Å². The Kier molecular flexibility index (Phi) is 4.68. The van der Waals surface area contributed by atoms with Crippen LogP contribution in [0, 0.1) is 6.92 Å². The van der Waals surface area contributed by atoms with Crippen molar-refractivity contribution in [2.75, 3.05) is 0 Å². The summed E-state index contributed by atoms with van der Waals surface area (Å²) in [6.07, 6.45) is 1.09. The van der Waals surface area contributed by atoms with Crippen LogP contribution in [-0.4, -0.2) is 16.3 Å². The molecule has 88 valence electrons. The van der Waals surface area contributed by atoms with Crippen molar-refractivity contribution in [2.24, 2.45) is 10.9 Å². The van der Waals surface area contributed by atoms with Crippen LogP contribution in [-0.2, 0) is 0 Å². The lowest BCUT2D eigenvalue weighted by Crippen LogP contribution is -2.15. The molecule has 0 aliphatic rings. The summed E-state index contributed by atoms with van der Waals surface area (Å²) in [6.45, 7) is 6.37. The molecule has 1 aromatic carbocycles. The molecule has 1 unspecified atom stereocenters. The lowest BCUT2D eigenvalue weighted by atomic mass is 10.1. The molecule has 0 spiro atoms. The minimum absolute atomic E-state index is 0.175. The Morgan fingerprint density at radius 3 is 2.81 bits per heavy atom. The van der Waals surface area contributed by atoms with Crippen LogP contribution in [0.15, 0.2) is 28.3 Å². The van der Waals surface area contributed by atoms with Crippen LogP contribution in [0.25, 0.3) is 0 Å². The largest absolute Gasteiger partial charge is 0.409 e. The van der Waals surface area contributed by atoms with E-state index in [0.29, 0.717) is 5.25 Å². The lowest BCUT2D eigenvalue weighted by Gasteiger charge is -2.14. The molecule has 0 aromatic heterocycles. The number of hydrogen-bond acceptors (Lipinski definition) is 3. The molecular formula is C12H18N2OS. The Bertz CT molecular complexity index is 391. The number of rotatable bonds is 4. The van der Waals surface area contributed by atoms with Crippen LogP contribution in [0.1, 0.15) is 31.4 Å². The van der Waals surface area contributed by atoms with Crippen molar-refractivity contribution in [3.05, 3.63) is 29.3 Å². The summed E-state index contributed by atoms with van der Waals surface area (Å²) in [6, 6.07) is 5.84. The van der Waals surface area contributed by atoms with Gasteiger partial charge in [-0.15, -0.1) is 11.8 Å². The van der Waals surface area contributed by atoms with E-state index in [-0.39, 0.29) is 5.84 Å². The summed E-state index contributed by atoms with van der Waals surface area (Å²) in [5.74, 6) is 0.175. The number of hydrogen-bond donors (Lipinski definition) is 2. The molecule has 0 heterocycles. The fourth-order valence-corrected chi connectivity index (χ4v) is 2.47. The number of benzene rings is 1. The first-order chi connectivity index (χ1) is 7.60. The van der Waals surface area contributed by atoms with E-state index < -0.39 is 0 Å². The van der Waals surface area contributed by atoms with E-state index >= 15 is 0 Å². The average molecular weight is 238 g/mol. The number of amidine groups is 1. The lowest BCUT2D eigenvalue weighted by molar-refractivity contribution is 0.318. The molecule has 1 rings (SSSR count). The van der Waals surface area contributed by atoms with Crippen molar-refractivity contribution >= 4 is 17.6 Å². The molecule has 0 radical (unpaired) electrons. The molecule has 4 heteroatoms. The monoisotopic (exact) mass is 238 g/mol. The maximum atomic E-state index is 8.75. The molecule has 0 amide bonds. The molecule has 3 nitrogen and oxygen atoms in total. The number of nitrogens with two attached hydrogens (primary N) is 1. The molecular weight excluding hydrogens is 220 g/mol. The van der Waals surface area contributed by atoms with Gasteiger partial charge in [0.1, 0.15) is 0 Å². The minimum Gasteiger partial charge on any atom is -0.409 e.